The molecule has 3 aromatic rings. The van der Waals surface area contributed by atoms with Crippen molar-refractivity contribution in [1.82, 2.24) is 14.9 Å². The Morgan fingerprint density at radius 3 is 2.53 bits per heavy atom. The molecule has 2 aliphatic heterocycles. The van der Waals surface area contributed by atoms with Gasteiger partial charge in [-0.3, -0.25) is 9.69 Å². The molecule has 0 spiro atoms. The molecule has 11 nitrogen and oxygen atoms in total. The van der Waals surface area contributed by atoms with Gasteiger partial charge >= 0.3 is 6.09 Å². The third-order valence-electron chi connectivity index (χ3n) is 7.87. The molecule has 2 amide bonds. The Bertz CT molecular complexity index is 1690. The van der Waals surface area contributed by atoms with Crippen LogP contribution in [-0.4, -0.2) is 70.4 Å². The number of aliphatic hydroxyl groups is 1. The molecule has 2 aliphatic rings. The molecule has 12 heteroatoms. The molecule has 0 atom stereocenters. The zero-order chi connectivity index (χ0) is 32.7. The van der Waals surface area contributed by atoms with E-state index in [2.05, 4.69) is 16.4 Å². The van der Waals surface area contributed by atoms with Gasteiger partial charge < -0.3 is 24.8 Å². The van der Waals surface area contributed by atoms with E-state index in [4.69, 9.17) is 26.1 Å². The SMILES string of the molecule is COc1cc(C(=O)N2CCC(O)CC2)c(Cl)cc1Nc1nccc(-c2cc(C#N)c3c(c2)C(C)(C)CN3C(=O)OC(C)(C)C)n1. The first-order valence-electron chi connectivity index (χ1n) is 14.7. The summed E-state index contributed by atoms with van der Waals surface area (Å²) in [6.07, 6.45) is 1.74. The largest absolute Gasteiger partial charge is 0.495 e. The van der Waals surface area contributed by atoms with Crippen LogP contribution in [0.25, 0.3) is 11.3 Å². The van der Waals surface area contributed by atoms with E-state index in [0.29, 0.717) is 72.0 Å². The molecule has 0 unspecified atom stereocenters. The third kappa shape index (κ3) is 6.67. The number of benzene rings is 2. The van der Waals surface area contributed by atoms with Crippen LogP contribution >= 0.6 is 11.6 Å². The fraction of sp³-hybridized carbons (Fsp3) is 0.424. The minimum atomic E-state index is -0.679. The van der Waals surface area contributed by atoms with Gasteiger partial charge in [0, 0.05) is 36.8 Å². The van der Waals surface area contributed by atoms with Gasteiger partial charge in [-0.2, -0.15) is 5.26 Å². The van der Waals surface area contributed by atoms with Gasteiger partial charge in [0.05, 0.1) is 46.4 Å². The predicted molar refractivity (Wildman–Crippen MR) is 171 cm³/mol. The van der Waals surface area contributed by atoms with Gasteiger partial charge in [0.25, 0.3) is 5.91 Å². The number of anilines is 3. The highest BCUT2D eigenvalue weighted by Gasteiger charge is 2.42. The normalized spacial score (nSPS) is 16.2. The average molecular weight is 633 g/mol. The Morgan fingerprint density at radius 2 is 1.89 bits per heavy atom. The summed E-state index contributed by atoms with van der Waals surface area (Å²) in [4.78, 5) is 38.5. The Kier molecular flexibility index (Phi) is 8.66. The summed E-state index contributed by atoms with van der Waals surface area (Å²) in [7, 11) is 1.49. The number of aromatic nitrogens is 2. The Balaban J connectivity index is 1.45. The number of nitrogens with zero attached hydrogens (tertiary/aromatic N) is 5. The first-order valence-corrected chi connectivity index (χ1v) is 15.1. The number of carbonyl (C=O) groups is 2. The molecule has 1 aromatic heterocycles. The van der Waals surface area contributed by atoms with Crippen molar-refractivity contribution in [3.05, 3.63) is 58.2 Å². The van der Waals surface area contributed by atoms with Crippen molar-refractivity contribution in [2.75, 3.05) is 37.0 Å². The zero-order valence-corrected chi connectivity index (χ0v) is 27.0. The number of hydrogen-bond donors (Lipinski definition) is 2. The molecule has 1 saturated heterocycles. The summed E-state index contributed by atoms with van der Waals surface area (Å²) in [5.74, 6) is 0.398. The minimum absolute atomic E-state index is 0.229. The number of rotatable bonds is 5. The highest BCUT2D eigenvalue weighted by molar-refractivity contribution is 6.34. The number of amides is 2. The maximum absolute atomic E-state index is 13.2. The molecular formula is C33H37ClN6O5. The van der Waals surface area contributed by atoms with E-state index >= 15 is 0 Å². The standard InChI is InChI=1S/C33H37ClN6O5/c1-32(2,3)45-31(43)40-18-33(4,5)23-14-19(13-20(17-35)28(23)40)25-7-10-36-30(37-25)38-26-16-24(34)22(15-27(26)44-6)29(42)39-11-8-21(41)9-12-39/h7,10,13-16,21,41H,8-9,11-12,18H2,1-6H3,(H,36,37,38). The number of halogens is 1. The van der Waals surface area contributed by atoms with Crippen molar-refractivity contribution in [1.29, 1.82) is 5.26 Å². The number of hydrogen-bond acceptors (Lipinski definition) is 9. The quantitative estimate of drug-likeness (QED) is 0.344. The van der Waals surface area contributed by atoms with Gasteiger partial charge in [0.2, 0.25) is 5.95 Å². The summed E-state index contributed by atoms with van der Waals surface area (Å²) in [5, 5.41) is 23.3. The highest BCUT2D eigenvalue weighted by atomic mass is 35.5. The van der Waals surface area contributed by atoms with Crippen molar-refractivity contribution < 1.29 is 24.2 Å². The van der Waals surface area contributed by atoms with Gasteiger partial charge in [-0.05, 0) is 69.5 Å². The number of nitriles is 1. The average Bonchev–Trinajstić information content (AvgIpc) is 3.27. The van der Waals surface area contributed by atoms with Crippen LogP contribution in [-0.2, 0) is 10.2 Å². The Hall–Kier alpha value is -4.40. The van der Waals surface area contributed by atoms with Crippen LogP contribution in [0.5, 0.6) is 5.75 Å². The van der Waals surface area contributed by atoms with E-state index in [1.165, 1.54) is 12.0 Å². The summed E-state index contributed by atoms with van der Waals surface area (Å²) in [6.45, 7) is 10.7. The number of carbonyl (C=O) groups excluding carboxylic acids is 2. The molecule has 5 rings (SSSR count). The molecule has 1 fully saturated rings. The lowest BCUT2D eigenvalue weighted by Crippen LogP contribution is -2.40. The Morgan fingerprint density at radius 1 is 1.18 bits per heavy atom. The monoisotopic (exact) mass is 632 g/mol. The Labute approximate surface area is 267 Å². The first kappa shape index (κ1) is 32.0. The summed E-state index contributed by atoms with van der Waals surface area (Å²) >= 11 is 6.58. The summed E-state index contributed by atoms with van der Waals surface area (Å²) < 4.78 is 11.2. The summed E-state index contributed by atoms with van der Waals surface area (Å²) in [6, 6.07) is 10.8. The van der Waals surface area contributed by atoms with E-state index in [-0.39, 0.29) is 16.9 Å². The second-order valence-corrected chi connectivity index (χ2v) is 13.3. The smallest absolute Gasteiger partial charge is 0.414 e. The molecule has 2 aromatic carbocycles. The van der Waals surface area contributed by atoms with E-state index in [9.17, 15) is 20.0 Å². The lowest BCUT2D eigenvalue weighted by Gasteiger charge is -2.30. The van der Waals surface area contributed by atoms with Gasteiger partial charge in [-0.1, -0.05) is 25.4 Å². The van der Waals surface area contributed by atoms with Crippen LogP contribution in [0.2, 0.25) is 5.02 Å². The first-order chi connectivity index (χ1) is 21.2. The topological polar surface area (TPSA) is 141 Å². The fourth-order valence-electron chi connectivity index (χ4n) is 5.63. The predicted octanol–water partition coefficient (Wildman–Crippen LogP) is 6.05. The maximum atomic E-state index is 13.2. The summed E-state index contributed by atoms with van der Waals surface area (Å²) in [5.41, 5.74) is 2.61. The van der Waals surface area contributed by atoms with Crippen molar-refractivity contribution >= 4 is 40.9 Å². The molecule has 3 heterocycles. The van der Waals surface area contributed by atoms with Crippen LogP contribution in [0.15, 0.2) is 36.5 Å². The van der Waals surface area contributed by atoms with E-state index in [1.807, 2.05) is 40.7 Å². The lowest BCUT2D eigenvalue weighted by molar-refractivity contribution is 0.0543. The number of aliphatic hydroxyl groups excluding tert-OH is 1. The number of likely N-dealkylation sites (tertiary alicyclic amines) is 1. The van der Waals surface area contributed by atoms with Gasteiger partial charge in [-0.15, -0.1) is 0 Å². The molecule has 0 aliphatic carbocycles. The van der Waals surface area contributed by atoms with Crippen LogP contribution in [0.3, 0.4) is 0 Å². The third-order valence-corrected chi connectivity index (χ3v) is 8.18. The molecule has 0 radical (unpaired) electrons. The minimum Gasteiger partial charge on any atom is -0.495 e. The van der Waals surface area contributed by atoms with Gasteiger partial charge in [0.15, 0.2) is 0 Å². The molecular weight excluding hydrogens is 596 g/mol. The van der Waals surface area contributed by atoms with E-state index in [1.54, 1.807) is 35.4 Å². The highest BCUT2D eigenvalue weighted by Crippen LogP contribution is 2.45. The number of piperidine rings is 1. The molecule has 236 valence electrons. The van der Waals surface area contributed by atoms with Crippen molar-refractivity contribution in [2.45, 2.75) is 64.6 Å². The van der Waals surface area contributed by atoms with Gasteiger partial charge in [-0.25, -0.2) is 14.8 Å². The zero-order valence-electron chi connectivity index (χ0n) is 26.3. The number of fused-ring (bicyclic) bond motifs is 1. The molecule has 0 saturated carbocycles. The molecule has 45 heavy (non-hydrogen) atoms. The van der Waals surface area contributed by atoms with E-state index < -0.39 is 23.2 Å². The van der Waals surface area contributed by atoms with Crippen LogP contribution in [0, 0.1) is 11.3 Å². The molecule has 0 bridgehead atoms. The maximum Gasteiger partial charge on any atom is 0.414 e. The lowest BCUT2D eigenvalue weighted by atomic mass is 9.85. The van der Waals surface area contributed by atoms with Crippen LogP contribution in [0.1, 0.15) is 68.9 Å². The number of methoxy groups -OCH3 is 1. The van der Waals surface area contributed by atoms with Gasteiger partial charge in [0.1, 0.15) is 17.4 Å². The second kappa shape index (κ2) is 12.2. The van der Waals surface area contributed by atoms with Crippen LogP contribution < -0.4 is 15.0 Å². The molecule has 2 N–H and O–H groups in total. The number of nitrogens with one attached hydrogen (secondary N) is 1. The fourth-order valence-corrected chi connectivity index (χ4v) is 5.87. The second-order valence-electron chi connectivity index (χ2n) is 12.9. The van der Waals surface area contributed by atoms with Crippen molar-refractivity contribution in [3.63, 3.8) is 0 Å². The van der Waals surface area contributed by atoms with E-state index in [0.717, 1.165) is 5.56 Å². The van der Waals surface area contributed by atoms with Crippen LogP contribution in [0.4, 0.5) is 22.1 Å². The van der Waals surface area contributed by atoms with Crippen molar-refractivity contribution in [3.8, 4) is 23.1 Å². The van der Waals surface area contributed by atoms with Crippen molar-refractivity contribution in [2.24, 2.45) is 0 Å². The number of ether oxygens (including phenoxy) is 2.